The van der Waals surface area contributed by atoms with Gasteiger partial charge in [-0.05, 0) is 48.6 Å². The molecule has 0 bridgehead atoms. The number of carbonyl (C=O) groups excluding carboxylic acids is 1. The summed E-state index contributed by atoms with van der Waals surface area (Å²) in [6.45, 7) is 3.85. The summed E-state index contributed by atoms with van der Waals surface area (Å²) in [6, 6.07) is 7.07. The predicted octanol–water partition coefficient (Wildman–Crippen LogP) is 2.84. The average Bonchev–Trinajstić information content (AvgIpc) is 3.18. The molecule has 2 aromatic heterocycles. The van der Waals surface area contributed by atoms with Gasteiger partial charge in [-0.3, -0.25) is 4.79 Å². The Morgan fingerprint density at radius 3 is 2.64 bits per heavy atom. The molecule has 6 nitrogen and oxygen atoms in total. The molecule has 1 aromatic carbocycles. The van der Waals surface area contributed by atoms with Gasteiger partial charge in [-0.25, -0.2) is 0 Å². The number of aryl methyl sites for hydroxylation is 2. The van der Waals surface area contributed by atoms with Crippen LogP contribution in [0, 0.1) is 13.8 Å². The standard InChI is InChI=1S/C16H16N2O4S3/c1-10-7-12-13(8-11(10)2)24-16(18(12)9-14(19)22-3)17-25(20,21)15-5-4-6-23-15/h4-8H,9H2,1-3H3. The number of hydrogen-bond acceptors (Lipinski definition) is 6. The van der Waals surface area contributed by atoms with E-state index in [9.17, 15) is 13.2 Å². The van der Waals surface area contributed by atoms with Crippen molar-refractivity contribution >= 4 is 48.9 Å². The Bertz CT molecular complexity index is 1110. The number of fused-ring (bicyclic) bond motifs is 1. The summed E-state index contributed by atoms with van der Waals surface area (Å²) in [5, 5.41) is 1.68. The van der Waals surface area contributed by atoms with Gasteiger partial charge in [0, 0.05) is 0 Å². The average molecular weight is 397 g/mol. The number of thiophene rings is 1. The number of hydrogen-bond donors (Lipinski definition) is 0. The monoisotopic (exact) mass is 396 g/mol. The Hall–Kier alpha value is -1.97. The maximum atomic E-state index is 12.5. The fourth-order valence-electron chi connectivity index (χ4n) is 2.30. The summed E-state index contributed by atoms with van der Waals surface area (Å²) in [5.41, 5.74) is 2.90. The van der Waals surface area contributed by atoms with E-state index in [0.717, 1.165) is 32.7 Å². The van der Waals surface area contributed by atoms with Gasteiger partial charge in [0.25, 0.3) is 10.0 Å². The van der Waals surface area contributed by atoms with E-state index in [0.29, 0.717) is 0 Å². The second-order valence-electron chi connectivity index (χ2n) is 5.45. The molecule has 25 heavy (non-hydrogen) atoms. The van der Waals surface area contributed by atoms with Crippen LogP contribution in [0.4, 0.5) is 0 Å². The molecule has 0 aliphatic heterocycles. The second kappa shape index (κ2) is 6.74. The van der Waals surface area contributed by atoms with Crippen LogP contribution < -0.4 is 4.80 Å². The first-order valence-electron chi connectivity index (χ1n) is 7.34. The van der Waals surface area contributed by atoms with Gasteiger partial charge in [0.2, 0.25) is 4.80 Å². The molecule has 3 rings (SSSR count). The highest BCUT2D eigenvalue weighted by Gasteiger charge is 2.17. The fraction of sp³-hybridized carbons (Fsp3) is 0.250. The quantitative estimate of drug-likeness (QED) is 0.636. The molecule has 0 aliphatic carbocycles. The Labute approximate surface area is 153 Å². The number of ether oxygens (including phenoxy) is 1. The first-order valence-corrected chi connectivity index (χ1v) is 10.5. The molecule has 0 unspecified atom stereocenters. The third-order valence-electron chi connectivity index (χ3n) is 3.76. The van der Waals surface area contributed by atoms with Gasteiger partial charge in [-0.2, -0.15) is 8.42 Å². The van der Waals surface area contributed by atoms with E-state index in [1.165, 1.54) is 24.5 Å². The number of aromatic nitrogens is 1. The van der Waals surface area contributed by atoms with E-state index < -0.39 is 16.0 Å². The topological polar surface area (TPSA) is 77.7 Å². The van der Waals surface area contributed by atoms with Crippen LogP contribution in [0.3, 0.4) is 0 Å². The lowest BCUT2D eigenvalue weighted by Gasteiger charge is -2.05. The first kappa shape index (κ1) is 17.8. The maximum absolute atomic E-state index is 12.5. The molecule has 3 aromatic rings. The minimum absolute atomic E-state index is 0.0994. The van der Waals surface area contributed by atoms with Crippen LogP contribution in [-0.4, -0.2) is 26.1 Å². The number of benzene rings is 1. The number of carbonyl (C=O) groups is 1. The largest absolute Gasteiger partial charge is 0.468 e. The molecule has 132 valence electrons. The highest BCUT2D eigenvalue weighted by Crippen LogP contribution is 2.23. The molecule has 0 radical (unpaired) electrons. The maximum Gasteiger partial charge on any atom is 0.325 e. The third kappa shape index (κ3) is 3.53. The zero-order valence-electron chi connectivity index (χ0n) is 13.8. The molecule has 0 amide bonds. The zero-order chi connectivity index (χ0) is 18.2. The molecule has 0 atom stereocenters. The van der Waals surface area contributed by atoms with E-state index in [-0.39, 0.29) is 15.6 Å². The Kier molecular flexibility index (Phi) is 4.81. The van der Waals surface area contributed by atoms with E-state index >= 15 is 0 Å². The van der Waals surface area contributed by atoms with Crippen molar-refractivity contribution in [3.63, 3.8) is 0 Å². The van der Waals surface area contributed by atoms with E-state index in [2.05, 4.69) is 4.40 Å². The van der Waals surface area contributed by atoms with Gasteiger partial charge in [-0.1, -0.05) is 17.4 Å². The number of sulfonamides is 1. The van der Waals surface area contributed by atoms with Crippen molar-refractivity contribution in [1.29, 1.82) is 0 Å². The molecule has 2 heterocycles. The SMILES string of the molecule is COC(=O)Cn1c(=NS(=O)(=O)c2cccs2)sc2cc(C)c(C)cc21. The molecular formula is C16H16N2O4S3. The van der Waals surface area contributed by atoms with Gasteiger partial charge < -0.3 is 9.30 Å². The van der Waals surface area contributed by atoms with Crippen molar-refractivity contribution in [2.45, 2.75) is 24.6 Å². The number of nitrogens with zero attached hydrogens (tertiary/aromatic N) is 2. The summed E-state index contributed by atoms with van der Waals surface area (Å²) < 4.78 is 36.3. The summed E-state index contributed by atoms with van der Waals surface area (Å²) in [4.78, 5) is 12.0. The minimum Gasteiger partial charge on any atom is -0.468 e. The van der Waals surface area contributed by atoms with Gasteiger partial charge >= 0.3 is 5.97 Å². The van der Waals surface area contributed by atoms with Crippen molar-refractivity contribution in [2.75, 3.05) is 7.11 Å². The van der Waals surface area contributed by atoms with E-state index in [4.69, 9.17) is 4.74 Å². The highest BCUT2D eigenvalue weighted by molar-refractivity contribution is 7.92. The lowest BCUT2D eigenvalue weighted by atomic mass is 10.1. The molecule has 0 saturated heterocycles. The molecule has 9 heteroatoms. The van der Waals surface area contributed by atoms with Crippen molar-refractivity contribution in [3.05, 3.63) is 45.6 Å². The first-order chi connectivity index (χ1) is 11.8. The van der Waals surface area contributed by atoms with Crippen LogP contribution >= 0.6 is 22.7 Å². The third-order valence-corrected chi connectivity index (χ3v) is 7.56. The van der Waals surface area contributed by atoms with Gasteiger partial charge in [0.05, 0.1) is 17.3 Å². The van der Waals surface area contributed by atoms with Crippen LogP contribution in [0.25, 0.3) is 10.2 Å². The fourth-order valence-corrected chi connectivity index (χ4v) is 5.58. The molecule has 0 saturated carbocycles. The number of rotatable bonds is 4. The van der Waals surface area contributed by atoms with Gasteiger partial charge in [0.1, 0.15) is 10.8 Å². The lowest BCUT2D eigenvalue weighted by molar-refractivity contribution is -0.141. The van der Waals surface area contributed by atoms with E-state index in [1.54, 1.807) is 16.0 Å². The lowest BCUT2D eigenvalue weighted by Crippen LogP contribution is -2.22. The molecule has 0 fully saturated rings. The van der Waals surface area contributed by atoms with Crippen molar-refractivity contribution in [2.24, 2.45) is 4.40 Å². The van der Waals surface area contributed by atoms with Crippen LogP contribution in [-0.2, 0) is 26.1 Å². The molecule has 0 N–H and O–H groups in total. The Morgan fingerprint density at radius 1 is 1.28 bits per heavy atom. The number of esters is 1. The van der Waals surface area contributed by atoms with Crippen LogP contribution in [0.5, 0.6) is 0 Å². The second-order valence-corrected chi connectivity index (χ2v) is 9.24. The molecular weight excluding hydrogens is 380 g/mol. The van der Waals surface area contributed by atoms with Crippen LogP contribution in [0.1, 0.15) is 11.1 Å². The summed E-state index contributed by atoms with van der Waals surface area (Å²) in [7, 11) is -2.52. The van der Waals surface area contributed by atoms with Crippen LogP contribution in [0.2, 0.25) is 0 Å². The molecule has 0 aliphatic rings. The van der Waals surface area contributed by atoms with Crippen molar-refractivity contribution in [1.82, 2.24) is 4.57 Å². The highest BCUT2D eigenvalue weighted by atomic mass is 32.2. The van der Waals surface area contributed by atoms with Crippen molar-refractivity contribution < 1.29 is 17.9 Å². The Balaban J connectivity index is 2.28. The minimum atomic E-state index is -3.82. The smallest absolute Gasteiger partial charge is 0.325 e. The predicted molar refractivity (Wildman–Crippen MR) is 98.4 cm³/mol. The zero-order valence-corrected chi connectivity index (χ0v) is 16.3. The number of thiazole rings is 1. The van der Waals surface area contributed by atoms with Crippen LogP contribution in [0.15, 0.2) is 38.3 Å². The van der Waals surface area contributed by atoms with E-state index in [1.807, 2.05) is 26.0 Å². The Morgan fingerprint density at radius 2 is 2.00 bits per heavy atom. The molecule has 0 spiro atoms. The summed E-state index contributed by atoms with van der Waals surface area (Å²) in [6.07, 6.45) is 0. The number of methoxy groups -OCH3 is 1. The van der Waals surface area contributed by atoms with Crippen molar-refractivity contribution in [3.8, 4) is 0 Å². The summed E-state index contributed by atoms with van der Waals surface area (Å²) in [5.74, 6) is -0.465. The van der Waals surface area contributed by atoms with Gasteiger partial charge in [-0.15, -0.1) is 15.7 Å². The normalized spacial score (nSPS) is 12.7. The summed E-state index contributed by atoms with van der Waals surface area (Å²) >= 11 is 2.34. The van der Waals surface area contributed by atoms with Gasteiger partial charge in [0.15, 0.2) is 0 Å².